The molecule has 0 aliphatic rings. The lowest BCUT2D eigenvalue weighted by atomic mass is 10.6. The summed E-state index contributed by atoms with van der Waals surface area (Å²) in [5.74, 6) is 0. The van der Waals surface area contributed by atoms with E-state index in [9.17, 15) is 0 Å². The first-order chi connectivity index (χ1) is 4.36. The van der Waals surface area contributed by atoms with Crippen LogP contribution in [0, 0.1) is 0 Å². The van der Waals surface area contributed by atoms with E-state index in [-0.39, 0.29) is 24.8 Å². The summed E-state index contributed by atoms with van der Waals surface area (Å²) in [5.41, 5.74) is 5.38. The molecule has 0 saturated heterocycles. The summed E-state index contributed by atoms with van der Waals surface area (Å²) < 4.78 is 1.09. The second kappa shape index (κ2) is 7.18. The summed E-state index contributed by atoms with van der Waals surface area (Å²) in [6, 6.07) is 0. The monoisotopic (exact) mass is 232 g/mol. The van der Waals surface area contributed by atoms with Gasteiger partial charge in [-0.25, -0.2) is 4.98 Å². The molecule has 0 amide bonds. The van der Waals surface area contributed by atoms with Crippen LogP contribution in [0.1, 0.15) is 4.88 Å². The van der Waals surface area contributed by atoms with Crippen molar-refractivity contribution in [1.82, 2.24) is 4.98 Å². The Morgan fingerprint density at radius 3 is 2.55 bits per heavy atom. The maximum absolute atomic E-state index is 5.38. The fourth-order valence-electron chi connectivity index (χ4n) is 0.478. The molecule has 0 bridgehead atoms. The highest BCUT2D eigenvalue weighted by Gasteiger charge is 1.95. The first kappa shape index (κ1) is 14.1. The highest BCUT2D eigenvalue weighted by Crippen LogP contribution is 2.20. The molecule has 0 fully saturated rings. The van der Waals surface area contributed by atoms with Crippen molar-refractivity contribution in [3.05, 3.63) is 11.1 Å². The van der Waals surface area contributed by atoms with Crippen LogP contribution in [-0.2, 0) is 6.54 Å². The van der Waals surface area contributed by atoms with Crippen molar-refractivity contribution < 1.29 is 0 Å². The SMILES string of the molecule is CSc1ncc(CN)s1.Cl.Cl. The van der Waals surface area contributed by atoms with E-state index in [0.717, 1.165) is 9.22 Å². The van der Waals surface area contributed by atoms with Crippen LogP contribution in [-0.4, -0.2) is 11.2 Å². The number of nitrogens with zero attached hydrogens (tertiary/aromatic N) is 1. The number of rotatable bonds is 2. The van der Waals surface area contributed by atoms with Gasteiger partial charge in [0.15, 0.2) is 0 Å². The largest absolute Gasteiger partial charge is 0.326 e. The van der Waals surface area contributed by atoms with Gasteiger partial charge in [0.25, 0.3) is 0 Å². The minimum absolute atomic E-state index is 0. The molecular weight excluding hydrogens is 223 g/mol. The van der Waals surface area contributed by atoms with Crippen LogP contribution in [0.25, 0.3) is 0 Å². The maximum Gasteiger partial charge on any atom is 0.149 e. The van der Waals surface area contributed by atoms with Crippen LogP contribution in [0.4, 0.5) is 0 Å². The maximum atomic E-state index is 5.38. The second-order valence-corrected chi connectivity index (χ2v) is 3.67. The number of hydrogen-bond acceptors (Lipinski definition) is 4. The first-order valence-corrected chi connectivity index (χ1v) is 4.59. The summed E-state index contributed by atoms with van der Waals surface area (Å²) in [5, 5.41) is 0. The van der Waals surface area contributed by atoms with Crippen LogP contribution in [0.5, 0.6) is 0 Å². The predicted molar refractivity (Wildman–Crippen MR) is 56.3 cm³/mol. The Kier molecular flexibility index (Phi) is 9.19. The number of hydrogen-bond donors (Lipinski definition) is 1. The smallest absolute Gasteiger partial charge is 0.149 e. The van der Waals surface area contributed by atoms with Gasteiger partial charge in [-0.1, -0.05) is 11.8 Å². The molecule has 0 aliphatic heterocycles. The van der Waals surface area contributed by atoms with Gasteiger partial charge in [0.2, 0.25) is 0 Å². The van der Waals surface area contributed by atoms with Gasteiger partial charge >= 0.3 is 0 Å². The van der Waals surface area contributed by atoms with E-state index < -0.39 is 0 Å². The highest BCUT2D eigenvalue weighted by atomic mass is 35.5. The number of nitrogens with two attached hydrogens (primary N) is 1. The Morgan fingerprint density at radius 1 is 1.64 bits per heavy atom. The van der Waals surface area contributed by atoms with Crippen molar-refractivity contribution in [1.29, 1.82) is 0 Å². The molecule has 2 nitrogen and oxygen atoms in total. The third-order valence-corrected chi connectivity index (χ3v) is 2.93. The number of aromatic nitrogens is 1. The first-order valence-electron chi connectivity index (χ1n) is 2.55. The Hall–Kier alpha value is 0.520. The Morgan fingerprint density at radius 2 is 2.27 bits per heavy atom. The zero-order valence-electron chi connectivity index (χ0n) is 5.94. The molecule has 0 aliphatic carbocycles. The minimum Gasteiger partial charge on any atom is -0.326 e. The second-order valence-electron chi connectivity index (χ2n) is 1.50. The predicted octanol–water partition coefficient (Wildman–Crippen LogP) is 2.17. The fourth-order valence-corrected chi connectivity index (χ4v) is 1.81. The Bertz CT molecular complexity index is 174. The lowest BCUT2D eigenvalue weighted by molar-refractivity contribution is 1.09. The van der Waals surface area contributed by atoms with Crippen LogP contribution >= 0.6 is 47.9 Å². The van der Waals surface area contributed by atoms with Gasteiger partial charge in [-0.05, 0) is 6.26 Å². The van der Waals surface area contributed by atoms with Gasteiger partial charge < -0.3 is 5.73 Å². The van der Waals surface area contributed by atoms with Crippen molar-refractivity contribution in [3.63, 3.8) is 0 Å². The molecule has 1 rings (SSSR count). The topological polar surface area (TPSA) is 38.9 Å². The fraction of sp³-hybridized carbons (Fsp3) is 0.400. The summed E-state index contributed by atoms with van der Waals surface area (Å²) >= 11 is 3.32. The molecule has 0 saturated carbocycles. The average molecular weight is 233 g/mol. The van der Waals surface area contributed by atoms with Crippen molar-refractivity contribution in [2.75, 3.05) is 6.26 Å². The third-order valence-electron chi connectivity index (χ3n) is 0.908. The van der Waals surface area contributed by atoms with E-state index in [4.69, 9.17) is 5.73 Å². The van der Waals surface area contributed by atoms with E-state index in [1.807, 2.05) is 12.5 Å². The zero-order valence-corrected chi connectivity index (χ0v) is 9.21. The summed E-state index contributed by atoms with van der Waals surface area (Å²) in [4.78, 5) is 5.26. The molecule has 1 heterocycles. The molecule has 0 radical (unpaired) electrons. The standard InChI is InChI=1S/C5H8N2S2.2ClH/c1-8-5-7-3-4(2-6)9-5;;/h3H,2,6H2,1H3;2*1H. The van der Waals surface area contributed by atoms with Crippen molar-refractivity contribution >= 4 is 47.9 Å². The molecule has 0 aromatic carbocycles. The normalized spacial score (nSPS) is 8.18. The summed E-state index contributed by atoms with van der Waals surface area (Å²) in [6.45, 7) is 0.609. The van der Waals surface area contributed by atoms with Gasteiger partial charge in [-0.3, -0.25) is 0 Å². The molecule has 0 atom stereocenters. The van der Waals surface area contributed by atoms with Gasteiger partial charge in [0.1, 0.15) is 4.34 Å². The van der Waals surface area contributed by atoms with Crippen LogP contribution in [0.3, 0.4) is 0 Å². The minimum atomic E-state index is 0. The molecule has 66 valence electrons. The molecule has 11 heavy (non-hydrogen) atoms. The lowest BCUT2D eigenvalue weighted by Crippen LogP contribution is -1.91. The van der Waals surface area contributed by atoms with Gasteiger partial charge in [0.05, 0.1) is 0 Å². The molecule has 0 spiro atoms. The molecule has 1 aromatic heterocycles. The van der Waals surface area contributed by atoms with Gasteiger partial charge in [-0.2, -0.15) is 0 Å². The summed E-state index contributed by atoms with van der Waals surface area (Å²) in [6.07, 6.45) is 3.84. The molecule has 0 unspecified atom stereocenters. The highest BCUT2D eigenvalue weighted by molar-refractivity contribution is 8.00. The van der Waals surface area contributed by atoms with E-state index in [1.165, 1.54) is 0 Å². The number of thioether (sulfide) groups is 1. The average Bonchev–Trinajstić information content (AvgIpc) is 2.34. The van der Waals surface area contributed by atoms with Crippen LogP contribution < -0.4 is 5.73 Å². The van der Waals surface area contributed by atoms with E-state index in [0.29, 0.717) is 6.54 Å². The van der Waals surface area contributed by atoms with Crippen molar-refractivity contribution in [3.8, 4) is 0 Å². The summed E-state index contributed by atoms with van der Waals surface area (Å²) in [7, 11) is 0. The Labute approximate surface area is 86.8 Å². The van der Waals surface area contributed by atoms with E-state index in [2.05, 4.69) is 4.98 Å². The Balaban J connectivity index is 0. The molecule has 1 aromatic rings. The molecular formula is C5H10Cl2N2S2. The van der Waals surface area contributed by atoms with E-state index >= 15 is 0 Å². The quantitative estimate of drug-likeness (QED) is 0.795. The molecule has 6 heteroatoms. The van der Waals surface area contributed by atoms with Crippen LogP contribution in [0.2, 0.25) is 0 Å². The molecule has 2 N–H and O–H groups in total. The zero-order chi connectivity index (χ0) is 6.69. The van der Waals surface area contributed by atoms with Gasteiger partial charge in [-0.15, -0.1) is 36.2 Å². The van der Waals surface area contributed by atoms with Gasteiger partial charge in [0, 0.05) is 17.6 Å². The van der Waals surface area contributed by atoms with Crippen molar-refractivity contribution in [2.24, 2.45) is 5.73 Å². The van der Waals surface area contributed by atoms with E-state index in [1.54, 1.807) is 23.1 Å². The lowest BCUT2D eigenvalue weighted by Gasteiger charge is -1.81. The van der Waals surface area contributed by atoms with Crippen molar-refractivity contribution in [2.45, 2.75) is 10.9 Å². The number of thiazole rings is 1. The third kappa shape index (κ3) is 4.18. The number of halogens is 2. The van der Waals surface area contributed by atoms with Crippen LogP contribution in [0.15, 0.2) is 10.5 Å².